The van der Waals surface area contributed by atoms with Crippen molar-refractivity contribution in [2.24, 2.45) is 5.41 Å². The molecule has 2 aliphatic carbocycles. The van der Waals surface area contributed by atoms with Crippen molar-refractivity contribution in [3.8, 4) is 10.6 Å². The number of hydrogen-bond acceptors (Lipinski definition) is 7. The third-order valence-electron chi connectivity index (χ3n) is 7.21. The Morgan fingerprint density at radius 2 is 1.97 bits per heavy atom. The summed E-state index contributed by atoms with van der Waals surface area (Å²) in [4.78, 5) is 44.5. The van der Waals surface area contributed by atoms with Gasteiger partial charge in [-0.3, -0.25) is 4.79 Å². The Hall–Kier alpha value is -3.27. The fourth-order valence-electron chi connectivity index (χ4n) is 5.05. The molecular weight excluding hydrogens is 521 g/mol. The highest BCUT2D eigenvalue weighted by Gasteiger charge is 2.40. The molecule has 2 aliphatic rings. The fourth-order valence-corrected chi connectivity index (χ4v) is 6.51. The largest absolute Gasteiger partial charge is 0.462 e. The number of fused-ring (bicyclic) bond motifs is 2. The zero-order valence-electron chi connectivity index (χ0n) is 23.1. The van der Waals surface area contributed by atoms with E-state index < -0.39 is 28.9 Å². The molecule has 5 rings (SSSR count). The summed E-state index contributed by atoms with van der Waals surface area (Å²) in [5, 5.41) is 3.10. The first-order valence-corrected chi connectivity index (χ1v) is 14.2. The van der Waals surface area contributed by atoms with Crippen molar-refractivity contribution >= 4 is 34.4 Å². The van der Waals surface area contributed by atoms with Gasteiger partial charge in [0.2, 0.25) is 5.43 Å². The van der Waals surface area contributed by atoms with Crippen molar-refractivity contribution < 1.29 is 23.5 Å². The van der Waals surface area contributed by atoms with Crippen molar-refractivity contribution in [3.63, 3.8) is 0 Å². The molecule has 10 heteroatoms. The molecule has 1 unspecified atom stereocenters. The standard InChI is InChI=1S/C29H34FN3O5S/c1-7-37-26(35)18-14-33(16-8-9-16)25-17(22(18)34)13-19(30)21(31-25)20-12-15-10-11-29(5,6)24(23(15)39-20)32-27(36)38-28(2,3)4/h12-14,16,24H,7-11H2,1-6H3,(H,32,36). The lowest BCUT2D eigenvalue weighted by molar-refractivity contribution is 0.0445. The van der Waals surface area contributed by atoms with Crippen LogP contribution >= 0.6 is 11.3 Å². The molecule has 0 spiro atoms. The molecule has 3 heterocycles. The lowest BCUT2D eigenvalue weighted by Crippen LogP contribution is -2.42. The maximum Gasteiger partial charge on any atom is 0.408 e. The molecule has 0 saturated heterocycles. The number of aryl methyl sites for hydroxylation is 1. The van der Waals surface area contributed by atoms with Gasteiger partial charge in [-0.15, -0.1) is 11.3 Å². The van der Waals surface area contributed by atoms with Crippen LogP contribution in [0, 0.1) is 11.2 Å². The number of aromatic nitrogens is 2. The Morgan fingerprint density at radius 3 is 2.62 bits per heavy atom. The molecule has 39 heavy (non-hydrogen) atoms. The second-order valence-electron chi connectivity index (χ2n) is 12.0. The smallest absolute Gasteiger partial charge is 0.408 e. The van der Waals surface area contributed by atoms with Crippen LogP contribution in [-0.4, -0.2) is 33.8 Å². The molecule has 1 saturated carbocycles. The van der Waals surface area contributed by atoms with Crippen LogP contribution in [0.1, 0.15) is 93.7 Å². The van der Waals surface area contributed by atoms with Gasteiger partial charge in [-0.25, -0.2) is 19.0 Å². The van der Waals surface area contributed by atoms with E-state index in [1.54, 1.807) is 11.5 Å². The molecular formula is C29H34FN3O5S. The minimum absolute atomic E-state index is 0.0561. The lowest BCUT2D eigenvalue weighted by atomic mass is 9.73. The topological polar surface area (TPSA) is 99.5 Å². The zero-order chi connectivity index (χ0) is 28.3. The molecule has 1 fully saturated rings. The van der Waals surface area contributed by atoms with Crippen LogP contribution < -0.4 is 10.7 Å². The highest BCUT2D eigenvalue weighted by atomic mass is 32.1. The van der Waals surface area contributed by atoms with Crippen LogP contribution in [0.2, 0.25) is 0 Å². The number of halogens is 1. The number of alkyl carbamates (subject to hydrolysis) is 1. The summed E-state index contributed by atoms with van der Waals surface area (Å²) in [5.74, 6) is -1.36. The Balaban J connectivity index is 1.59. The third kappa shape index (κ3) is 5.31. The second kappa shape index (κ2) is 9.73. The Bertz CT molecular complexity index is 1530. The van der Waals surface area contributed by atoms with Gasteiger partial charge in [0.05, 0.1) is 22.9 Å². The molecule has 3 aromatic rings. The predicted octanol–water partition coefficient (Wildman–Crippen LogP) is 6.31. The molecule has 8 nitrogen and oxygen atoms in total. The van der Waals surface area contributed by atoms with E-state index in [9.17, 15) is 14.4 Å². The third-order valence-corrected chi connectivity index (χ3v) is 8.46. The number of nitrogens with zero attached hydrogens (tertiary/aromatic N) is 2. The summed E-state index contributed by atoms with van der Waals surface area (Å²) in [5.41, 5.74) is -0.0432. The Labute approximate surface area is 230 Å². The van der Waals surface area contributed by atoms with Gasteiger partial charge in [0.25, 0.3) is 0 Å². The van der Waals surface area contributed by atoms with E-state index in [1.807, 2.05) is 26.8 Å². The van der Waals surface area contributed by atoms with Crippen molar-refractivity contribution in [2.75, 3.05) is 6.61 Å². The van der Waals surface area contributed by atoms with E-state index in [0.29, 0.717) is 10.5 Å². The Morgan fingerprint density at radius 1 is 1.26 bits per heavy atom. The first-order chi connectivity index (χ1) is 18.3. The first-order valence-electron chi connectivity index (χ1n) is 13.3. The molecule has 0 radical (unpaired) electrons. The summed E-state index contributed by atoms with van der Waals surface area (Å²) in [7, 11) is 0. The van der Waals surface area contributed by atoms with Gasteiger partial charge >= 0.3 is 12.1 Å². The summed E-state index contributed by atoms with van der Waals surface area (Å²) < 4.78 is 28.0. The van der Waals surface area contributed by atoms with Gasteiger partial charge in [0.1, 0.15) is 22.5 Å². The number of hydrogen-bond donors (Lipinski definition) is 1. The zero-order valence-corrected chi connectivity index (χ0v) is 24.0. The van der Waals surface area contributed by atoms with Crippen LogP contribution in [0.25, 0.3) is 21.6 Å². The number of rotatable bonds is 5. The number of amides is 1. The molecule has 208 valence electrons. The minimum Gasteiger partial charge on any atom is -0.462 e. The van der Waals surface area contributed by atoms with Crippen molar-refractivity contribution in [3.05, 3.63) is 50.4 Å². The van der Waals surface area contributed by atoms with Crippen LogP contribution in [0.5, 0.6) is 0 Å². The normalized spacial score (nSPS) is 18.5. The fraction of sp³-hybridized carbons (Fsp3) is 0.517. The van der Waals surface area contributed by atoms with Gasteiger partial charge in [-0.05, 0) is 76.5 Å². The average Bonchev–Trinajstić information content (AvgIpc) is 3.58. The molecule has 1 atom stereocenters. The number of nitrogens with one attached hydrogen (secondary N) is 1. The Kier molecular flexibility index (Phi) is 6.81. The first kappa shape index (κ1) is 27.3. The van der Waals surface area contributed by atoms with Crippen LogP contribution in [0.4, 0.5) is 9.18 Å². The maximum absolute atomic E-state index is 15.6. The summed E-state index contributed by atoms with van der Waals surface area (Å²) >= 11 is 1.40. The van der Waals surface area contributed by atoms with Gasteiger partial charge in [0, 0.05) is 17.1 Å². The van der Waals surface area contributed by atoms with Crippen LogP contribution in [-0.2, 0) is 15.9 Å². The maximum atomic E-state index is 15.6. The van der Waals surface area contributed by atoms with Gasteiger partial charge in [-0.2, -0.15) is 0 Å². The number of ether oxygens (including phenoxy) is 2. The van der Waals surface area contributed by atoms with Crippen molar-refractivity contribution in [2.45, 2.75) is 84.9 Å². The second-order valence-corrected chi connectivity index (χ2v) is 13.1. The number of thiophene rings is 1. The van der Waals surface area contributed by atoms with E-state index in [4.69, 9.17) is 9.47 Å². The van der Waals surface area contributed by atoms with Gasteiger partial charge < -0.3 is 19.4 Å². The summed E-state index contributed by atoms with van der Waals surface area (Å²) in [6, 6.07) is 2.89. The SMILES string of the molecule is CCOC(=O)c1cn(C2CC2)c2nc(-c3cc4c(s3)C(NC(=O)OC(C)(C)C)C(C)(C)CC4)c(F)cc2c1=O. The molecule has 3 aromatic heterocycles. The van der Waals surface area contributed by atoms with E-state index in [1.165, 1.54) is 23.6 Å². The van der Waals surface area contributed by atoms with Gasteiger partial charge in [-0.1, -0.05) is 13.8 Å². The van der Waals surface area contributed by atoms with Crippen molar-refractivity contribution in [1.82, 2.24) is 14.9 Å². The number of carbonyl (C=O) groups excluding carboxylic acids is 2. The van der Waals surface area contributed by atoms with Crippen LogP contribution in [0.15, 0.2) is 23.1 Å². The molecule has 1 amide bonds. The van der Waals surface area contributed by atoms with E-state index >= 15 is 4.39 Å². The monoisotopic (exact) mass is 555 g/mol. The van der Waals surface area contributed by atoms with Gasteiger partial charge in [0.15, 0.2) is 5.82 Å². The van der Waals surface area contributed by atoms with Crippen molar-refractivity contribution in [1.29, 1.82) is 0 Å². The number of esters is 1. The number of pyridine rings is 2. The molecule has 0 aromatic carbocycles. The molecule has 1 N–H and O–H groups in total. The predicted molar refractivity (Wildman–Crippen MR) is 148 cm³/mol. The average molecular weight is 556 g/mol. The van der Waals surface area contributed by atoms with E-state index in [2.05, 4.69) is 24.1 Å². The summed E-state index contributed by atoms with van der Waals surface area (Å²) in [6.45, 7) is 11.5. The summed E-state index contributed by atoms with van der Waals surface area (Å²) in [6.07, 6.45) is 4.39. The molecule has 0 aliphatic heterocycles. The van der Waals surface area contributed by atoms with Crippen LogP contribution in [0.3, 0.4) is 0 Å². The lowest BCUT2D eigenvalue weighted by Gasteiger charge is -2.39. The minimum atomic E-state index is -0.722. The number of carbonyl (C=O) groups is 2. The van der Waals surface area contributed by atoms with E-state index in [-0.39, 0.29) is 40.7 Å². The van der Waals surface area contributed by atoms with E-state index in [0.717, 1.165) is 36.1 Å². The highest BCUT2D eigenvalue weighted by Crippen LogP contribution is 2.49. The molecule has 0 bridgehead atoms. The highest BCUT2D eigenvalue weighted by molar-refractivity contribution is 7.15. The quantitative estimate of drug-likeness (QED) is 0.370.